The molecule has 0 amide bonds. The van der Waals surface area contributed by atoms with E-state index in [1.807, 2.05) is 0 Å². The molecule has 0 aliphatic heterocycles. The van der Waals surface area contributed by atoms with E-state index in [2.05, 4.69) is 0 Å². The third kappa shape index (κ3) is 4.57. The molecule has 28 heavy (non-hydrogen) atoms. The highest BCUT2D eigenvalue weighted by molar-refractivity contribution is 6.33. The number of benzene rings is 2. The van der Waals surface area contributed by atoms with Crippen molar-refractivity contribution in [2.45, 2.75) is 32.1 Å². The van der Waals surface area contributed by atoms with Crippen molar-refractivity contribution in [2.75, 3.05) is 6.61 Å². The lowest BCUT2D eigenvalue weighted by molar-refractivity contribution is -0.384. The van der Waals surface area contributed by atoms with Gasteiger partial charge in [-0.15, -0.1) is 0 Å². The molecule has 6 nitrogen and oxygen atoms in total. The maximum absolute atomic E-state index is 12.9. The smallest absolute Gasteiger partial charge is 0.338 e. The van der Waals surface area contributed by atoms with Crippen LogP contribution in [0.3, 0.4) is 0 Å². The van der Waals surface area contributed by atoms with Crippen LogP contribution >= 0.6 is 11.6 Å². The maximum atomic E-state index is 12.9. The van der Waals surface area contributed by atoms with Crippen LogP contribution in [0.1, 0.15) is 58.4 Å². The Bertz CT molecular complexity index is 905. The second-order valence-corrected chi connectivity index (χ2v) is 7.31. The molecule has 1 fully saturated rings. The fourth-order valence-electron chi connectivity index (χ4n) is 3.43. The quantitative estimate of drug-likeness (QED) is 0.287. The number of nitro groups is 1. The molecule has 2 aromatic rings. The number of nitrogens with zero attached hydrogens (tertiary/aromatic N) is 1. The van der Waals surface area contributed by atoms with E-state index in [4.69, 9.17) is 16.3 Å². The molecule has 0 saturated heterocycles. The van der Waals surface area contributed by atoms with Crippen LogP contribution in [0.15, 0.2) is 42.5 Å². The second-order valence-electron chi connectivity index (χ2n) is 6.90. The number of carbonyl (C=O) groups is 2. The molecular formula is C21H20ClNO5. The number of rotatable bonds is 6. The predicted octanol–water partition coefficient (Wildman–Crippen LogP) is 5.22. The number of hydrogen-bond acceptors (Lipinski definition) is 5. The van der Waals surface area contributed by atoms with E-state index >= 15 is 0 Å². The fraction of sp³-hybridized carbons (Fsp3) is 0.333. The van der Waals surface area contributed by atoms with Crippen LogP contribution in [-0.2, 0) is 4.74 Å². The highest BCUT2D eigenvalue weighted by Gasteiger charge is 2.23. The van der Waals surface area contributed by atoms with Crippen LogP contribution < -0.4 is 0 Å². The van der Waals surface area contributed by atoms with Crippen LogP contribution in [0.4, 0.5) is 5.69 Å². The minimum Gasteiger partial charge on any atom is -0.462 e. The van der Waals surface area contributed by atoms with Gasteiger partial charge in [-0.05, 0) is 37.0 Å². The van der Waals surface area contributed by atoms with Gasteiger partial charge in [0.15, 0.2) is 5.78 Å². The zero-order valence-corrected chi connectivity index (χ0v) is 16.0. The lowest BCUT2D eigenvalue weighted by Gasteiger charge is -2.21. The predicted molar refractivity (Wildman–Crippen MR) is 105 cm³/mol. The molecule has 146 valence electrons. The first-order chi connectivity index (χ1) is 13.5. The molecule has 1 saturated carbocycles. The van der Waals surface area contributed by atoms with Crippen molar-refractivity contribution in [3.63, 3.8) is 0 Å². The number of carbonyl (C=O) groups excluding carboxylic acids is 2. The Morgan fingerprint density at radius 2 is 1.75 bits per heavy atom. The van der Waals surface area contributed by atoms with Gasteiger partial charge in [0.1, 0.15) is 5.02 Å². The summed E-state index contributed by atoms with van der Waals surface area (Å²) in [6.07, 6.45) is 5.60. The fourth-order valence-corrected chi connectivity index (χ4v) is 3.62. The average molecular weight is 402 g/mol. The van der Waals surface area contributed by atoms with Crippen molar-refractivity contribution in [2.24, 2.45) is 5.92 Å². The largest absolute Gasteiger partial charge is 0.462 e. The zero-order valence-electron chi connectivity index (χ0n) is 15.2. The van der Waals surface area contributed by atoms with Gasteiger partial charge in [-0.2, -0.15) is 0 Å². The topological polar surface area (TPSA) is 86.5 Å². The molecule has 2 aromatic carbocycles. The van der Waals surface area contributed by atoms with Crippen LogP contribution in [0.25, 0.3) is 0 Å². The summed E-state index contributed by atoms with van der Waals surface area (Å²) in [6, 6.07) is 10.2. The van der Waals surface area contributed by atoms with Crippen LogP contribution in [0, 0.1) is 16.0 Å². The Hall–Kier alpha value is -2.73. The van der Waals surface area contributed by atoms with Gasteiger partial charge in [-0.1, -0.05) is 49.1 Å². The van der Waals surface area contributed by atoms with Crippen molar-refractivity contribution >= 4 is 29.0 Å². The molecule has 0 N–H and O–H groups in total. The molecule has 3 rings (SSSR count). The first-order valence-corrected chi connectivity index (χ1v) is 9.60. The van der Waals surface area contributed by atoms with Gasteiger partial charge in [-0.3, -0.25) is 14.9 Å². The van der Waals surface area contributed by atoms with E-state index in [9.17, 15) is 19.7 Å². The van der Waals surface area contributed by atoms with Gasteiger partial charge in [0.25, 0.3) is 5.69 Å². The van der Waals surface area contributed by atoms with Gasteiger partial charge in [0.05, 0.1) is 17.1 Å². The molecule has 1 aliphatic carbocycles. The van der Waals surface area contributed by atoms with E-state index in [0.29, 0.717) is 12.5 Å². The zero-order chi connectivity index (χ0) is 20.1. The third-order valence-electron chi connectivity index (χ3n) is 4.97. The van der Waals surface area contributed by atoms with Gasteiger partial charge in [-0.25, -0.2) is 4.79 Å². The van der Waals surface area contributed by atoms with Crippen molar-refractivity contribution in [3.8, 4) is 0 Å². The molecule has 0 unspecified atom stereocenters. The number of esters is 1. The summed E-state index contributed by atoms with van der Waals surface area (Å²) < 4.78 is 5.45. The maximum Gasteiger partial charge on any atom is 0.338 e. The lowest BCUT2D eigenvalue weighted by Crippen LogP contribution is -2.18. The summed E-state index contributed by atoms with van der Waals surface area (Å²) in [7, 11) is 0. The molecule has 0 atom stereocenters. The highest BCUT2D eigenvalue weighted by Crippen LogP contribution is 2.27. The minimum absolute atomic E-state index is 0.0540. The lowest BCUT2D eigenvalue weighted by atomic mass is 9.90. The molecule has 0 spiro atoms. The van der Waals surface area contributed by atoms with Crippen molar-refractivity contribution in [1.82, 2.24) is 0 Å². The first-order valence-electron chi connectivity index (χ1n) is 9.22. The summed E-state index contributed by atoms with van der Waals surface area (Å²) >= 11 is 5.81. The van der Waals surface area contributed by atoms with Crippen molar-refractivity contribution < 1.29 is 19.2 Å². The SMILES string of the molecule is O=C(OCC1CCCCC1)c1ccccc1C(=O)c1ccc(Cl)c([N+](=O)[O-])c1. The Balaban J connectivity index is 1.81. The number of ether oxygens (including phenoxy) is 1. The number of ketones is 1. The molecule has 0 aromatic heterocycles. The Labute approximate surface area is 167 Å². The second kappa shape index (κ2) is 8.97. The normalized spacial score (nSPS) is 14.5. The van der Waals surface area contributed by atoms with Crippen LogP contribution in [0.2, 0.25) is 5.02 Å². The van der Waals surface area contributed by atoms with Gasteiger partial charge in [0, 0.05) is 17.2 Å². The van der Waals surface area contributed by atoms with E-state index in [1.165, 1.54) is 30.7 Å². The van der Waals surface area contributed by atoms with Gasteiger partial charge < -0.3 is 4.74 Å². The molecular weight excluding hydrogens is 382 g/mol. The standard InChI is InChI=1S/C21H20ClNO5/c22-18-11-10-15(12-19(18)23(26)27)20(24)16-8-4-5-9-17(16)21(25)28-13-14-6-2-1-3-7-14/h4-5,8-12,14H,1-3,6-7,13H2. The summed E-state index contributed by atoms with van der Waals surface area (Å²) in [4.78, 5) is 35.9. The Kier molecular flexibility index (Phi) is 6.41. The number of hydrogen-bond donors (Lipinski definition) is 0. The number of nitro benzene ring substituents is 1. The van der Waals surface area contributed by atoms with E-state index in [-0.39, 0.29) is 27.4 Å². The summed E-state index contributed by atoms with van der Waals surface area (Å²) in [5, 5.41) is 11.0. The van der Waals surface area contributed by atoms with Gasteiger partial charge >= 0.3 is 5.97 Å². The average Bonchev–Trinajstić information content (AvgIpc) is 2.72. The first kappa shape index (κ1) is 20.0. The van der Waals surface area contributed by atoms with Crippen LogP contribution in [0.5, 0.6) is 0 Å². The van der Waals surface area contributed by atoms with Crippen molar-refractivity contribution in [3.05, 3.63) is 74.3 Å². The summed E-state index contributed by atoms with van der Waals surface area (Å²) in [6.45, 7) is 0.341. The Morgan fingerprint density at radius 1 is 1.07 bits per heavy atom. The summed E-state index contributed by atoms with van der Waals surface area (Å²) in [5.74, 6) is -0.692. The molecule has 7 heteroatoms. The Morgan fingerprint density at radius 3 is 2.43 bits per heavy atom. The van der Waals surface area contributed by atoms with E-state index in [0.717, 1.165) is 31.7 Å². The third-order valence-corrected chi connectivity index (χ3v) is 5.29. The van der Waals surface area contributed by atoms with E-state index < -0.39 is 16.7 Å². The monoisotopic (exact) mass is 401 g/mol. The number of halogens is 1. The van der Waals surface area contributed by atoms with E-state index in [1.54, 1.807) is 12.1 Å². The molecule has 0 heterocycles. The summed E-state index contributed by atoms with van der Waals surface area (Å²) in [5.41, 5.74) is 0.0298. The minimum atomic E-state index is -0.649. The van der Waals surface area contributed by atoms with Gasteiger partial charge in [0.2, 0.25) is 0 Å². The molecule has 1 aliphatic rings. The van der Waals surface area contributed by atoms with Crippen molar-refractivity contribution in [1.29, 1.82) is 0 Å². The molecule has 0 radical (unpaired) electrons. The molecule has 0 bridgehead atoms. The van der Waals surface area contributed by atoms with Crippen LogP contribution in [-0.4, -0.2) is 23.3 Å². The highest BCUT2D eigenvalue weighted by atomic mass is 35.5.